The number of amides is 1. The van der Waals surface area contributed by atoms with Gasteiger partial charge in [-0.25, -0.2) is 0 Å². The highest BCUT2D eigenvalue weighted by molar-refractivity contribution is 6.06. The summed E-state index contributed by atoms with van der Waals surface area (Å²) in [5.74, 6) is 0.184. The van der Waals surface area contributed by atoms with E-state index in [2.05, 4.69) is 4.98 Å². The summed E-state index contributed by atoms with van der Waals surface area (Å²) in [5.41, 5.74) is 1.90. The van der Waals surface area contributed by atoms with E-state index in [4.69, 9.17) is 0 Å². The van der Waals surface area contributed by atoms with Crippen molar-refractivity contribution in [2.24, 2.45) is 5.92 Å². The first kappa shape index (κ1) is 17.5. The van der Waals surface area contributed by atoms with Crippen molar-refractivity contribution < 1.29 is 9.90 Å². The molecule has 1 amide bonds. The molecule has 0 radical (unpaired) electrons. The Balaban J connectivity index is 1.51. The predicted molar refractivity (Wildman–Crippen MR) is 110 cm³/mol. The Morgan fingerprint density at radius 3 is 2.71 bits per heavy atom. The number of carbonyl (C=O) groups excluding carboxylic acids is 1. The highest BCUT2D eigenvalue weighted by atomic mass is 16.3. The second-order valence-corrected chi connectivity index (χ2v) is 8.24. The third kappa shape index (κ3) is 2.67. The first-order valence-corrected chi connectivity index (χ1v) is 10.3. The van der Waals surface area contributed by atoms with Crippen molar-refractivity contribution in [1.29, 1.82) is 0 Å². The van der Waals surface area contributed by atoms with E-state index in [9.17, 15) is 9.90 Å². The molecule has 2 heterocycles. The maximum atomic E-state index is 13.5. The van der Waals surface area contributed by atoms with E-state index >= 15 is 0 Å². The van der Waals surface area contributed by atoms with E-state index in [1.807, 2.05) is 65.7 Å². The molecular weight excluding hydrogens is 348 g/mol. The molecule has 3 atom stereocenters. The number of piperidine rings is 1. The number of H-pyrrole nitrogens is 1. The third-order valence-electron chi connectivity index (χ3n) is 6.84. The SMILES string of the molecule is O=C(c1cccc2[nH]ccc12)N1CC[C@@](O)(c2ccccc2)[C@H]2CCCCC21. The van der Waals surface area contributed by atoms with Gasteiger partial charge in [0.1, 0.15) is 0 Å². The molecule has 1 aromatic heterocycles. The topological polar surface area (TPSA) is 56.3 Å². The molecule has 4 heteroatoms. The standard InChI is InChI=1S/C24H26N2O2/c27-23(19-9-6-11-21-18(19)13-15-25-21)26-16-14-24(28,17-7-2-1-3-8-17)20-10-4-5-12-22(20)26/h1-3,6-9,11,13,15,20,22,25,28H,4-5,10,12,14,16H2/t20-,22?,24+/m0/s1. The van der Waals surface area contributed by atoms with Gasteiger partial charge in [0.05, 0.1) is 5.60 Å². The molecule has 2 aliphatic rings. The van der Waals surface area contributed by atoms with Crippen molar-refractivity contribution in [2.45, 2.75) is 43.7 Å². The Morgan fingerprint density at radius 1 is 1.04 bits per heavy atom. The monoisotopic (exact) mass is 374 g/mol. The van der Waals surface area contributed by atoms with Gasteiger partial charge in [0.2, 0.25) is 0 Å². The number of nitrogens with zero attached hydrogens (tertiary/aromatic N) is 1. The molecule has 1 aliphatic heterocycles. The van der Waals surface area contributed by atoms with Gasteiger partial charge in [0, 0.05) is 41.2 Å². The highest BCUT2D eigenvalue weighted by Gasteiger charge is 2.50. The molecule has 2 N–H and O–H groups in total. The second-order valence-electron chi connectivity index (χ2n) is 8.24. The lowest BCUT2D eigenvalue weighted by atomic mass is 9.66. The Morgan fingerprint density at radius 2 is 1.86 bits per heavy atom. The fourth-order valence-corrected chi connectivity index (χ4v) is 5.45. The summed E-state index contributed by atoms with van der Waals surface area (Å²) in [6.45, 7) is 0.589. The third-order valence-corrected chi connectivity index (χ3v) is 6.84. The van der Waals surface area contributed by atoms with Crippen molar-refractivity contribution in [3.8, 4) is 0 Å². The highest BCUT2D eigenvalue weighted by Crippen LogP contribution is 2.47. The number of aromatic amines is 1. The number of aliphatic hydroxyl groups is 1. The van der Waals surface area contributed by atoms with Gasteiger partial charge in [-0.3, -0.25) is 4.79 Å². The molecular formula is C24H26N2O2. The van der Waals surface area contributed by atoms with Crippen LogP contribution in [0.4, 0.5) is 0 Å². The van der Waals surface area contributed by atoms with Gasteiger partial charge in [-0.15, -0.1) is 0 Å². The zero-order chi connectivity index (χ0) is 19.1. The van der Waals surface area contributed by atoms with Crippen molar-refractivity contribution in [3.63, 3.8) is 0 Å². The minimum absolute atomic E-state index is 0.0896. The van der Waals surface area contributed by atoms with E-state index in [1.165, 1.54) is 0 Å². The molecule has 144 valence electrons. The van der Waals surface area contributed by atoms with Crippen LogP contribution in [0.2, 0.25) is 0 Å². The normalized spacial score (nSPS) is 27.5. The maximum absolute atomic E-state index is 13.5. The lowest BCUT2D eigenvalue weighted by Gasteiger charge is -2.52. The van der Waals surface area contributed by atoms with Crippen molar-refractivity contribution in [3.05, 3.63) is 71.9 Å². The van der Waals surface area contributed by atoms with Crippen molar-refractivity contribution in [2.75, 3.05) is 6.54 Å². The predicted octanol–water partition coefficient (Wildman–Crippen LogP) is 4.46. The number of aromatic nitrogens is 1. The molecule has 1 saturated heterocycles. The Labute approximate surface area is 165 Å². The maximum Gasteiger partial charge on any atom is 0.254 e. The van der Waals surface area contributed by atoms with Crippen LogP contribution in [-0.2, 0) is 5.60 Å². The van der Waals surface area contributed by atoms with Gasteiger partial charge in [-0.2, -0.15) is 0 Å². The summed E-state index contributed by atoms with van der Waals surface area (Å²) in [5, 5.41) is 12.7. The summed E-state index contributed by atoms with van der Waals surface area (Å²) < 4.78 is 0. The number of likely N-dealkylation sites (tertiary alicyclic amines) is 1. The zero-order valence-electron chi connectivity index (χ0n) is 16.0. The van der Waals surface area contributed by atoms with Crippen LogP contribution >= 0.6 is 0 Å². The molecule has 0 spiro atoms. The summed E-state index contributed by atoms with van der Waals surface area (Å²) >= 11 is 0. The number of nitrogens with one attached hydrogen (secondary N) is 1. The van der Waals surface area contributed by atoms with Gasteiger partial charge < -0.3 is 15.0 Å². The minimum atomic E-state index is -0.844. The molecule has 1 aliphatic carbocycles. The fourth-order valence-electron chi connectivity index (χ4n) is 5.45. The van der Waals surface area contributed by atoms with Crippen molar-refractivity contribution in [1.82, 2.24) is 9.88 Å². The molecule has 5 rings (SSSR count). The van der Waals surface area contributed by atoms with E-state index in [1.54, 1.807) is 0 Å². The Bertz CT molecular complexity index is 996. The largest absolute Gasteiger partial charge is 0.385 e. The smallest absolute Gasteiger partial charge is 0.254 e. The molecule has 0 bridgehead atoms. The van der Waals surface area contributed by atoms with Gasteiger partial charge >= 0.3 is 0 Å². The minimum Gasteiger partial charge on any atom is -0.385 e. The van der Waals surface area contributed by atoms with Gasteiger partial charge in [-0.05, 0) is 43.0 Å². The summed E-state index contributed by atoms with van der Waals surface area (Å²) in [7, 11) is 0. The lowest BCUT2D eigenvalue weighted by Crippen LogP contribution is -2.59. The lowest BCUT2D eigenvalue weighted by molar-refractivity contribution is -0.110. The van der Waals surface area contributed by atoms with E-state index in [0.29, 0.717) is 13.0 Å². The first-order chi connectivity index (χ1) is 13.7. The van der Waals surface area contributed by atoms with Gasteiger partial charge in [0.25, 0.3) is 5.91 Å². The molecule has 4 nitrogen and oxygen atoms in total. The van der Waals surface area contributed by atoms with E-state index in [0.717, 1.165) is 47.7 Å². The van der Waals surface area contributed by atoms with E-state index in [-0.39, 0.29) is 17.9 Å². The van der Waals surface area contributed by atoms with Crippen molar-refractivity contribution >= 4 is 16.8 Å². The van der Waals surface area contributed by atoms with Crippen LogP contribution in [0.3, 0.4) is 0 Å². The van der Waals surface area contributed by atoms with Crippen LogP contribution < -0.4 is 0 Å². The summed E-state index contributed by atoms with van der Waals surface area (Å²) in [6.07, 6.45) is 6.64. The molecule has 3 aromatic rings. The van der Waals surface area contributed by atoms with Crippen LogP contribution in [0.5, 0.6) is 0 Å². The van der Waals surface area contributed by atoms with Crippen LogP contribution in [0.25, 0.3) is 10.9 Å². The van der Waals surface area contributed by atoms with Crippen LogP contribution in [0.15, 0.2) is 60.8 Å². The van der Waals surface area contributed by atoms with Gasteiger partial charge in [0.15, 0.2) is 0 Å². The van der Waals surface area contributed by atoms with Crippen LogP contribution in [0, 0.1) is 5.92 Å². The number of carbonyl (C=O) groups is 1. The average Bonchev–Trinajstić information content (AvgIpc) is 3.23. The molecule has 1 saturated carbocycles. The fraction of sp³-hybridized carbons (Fsp3) is 0.375. The van der Waals surface area contributed by atoms with E-state index < -0.39 is 5.60 Å². The van der Waals surface area contributed by atoms with Crippen LogP contribution in [-0.4, -0.2) is 33.5 Å². The number of hydrogen-bond acceptors (Lipinski definition) is 2. The summed E-state index contributed by atoms with van der Waals surface area (Å²) in [4.78, 5) is 18.8. The number of fused-ring (bicyclic) bond motifs is 2. The second kappa shape index (κ2) is 6.78. The first-order valence-electron chi connectivity index (χ1n) is 10.3. The average molecular weight is 374 g/mol. The van der Waals surface area contributed by atoms with Crippen LogP contribution in [0.1, 0.15) is 48.0 Å². The summed E-state index contributed by atoms with van der Waals surface area (Å²) in [6, 6.07) is 18.0. The molecule has 2 aromatic carbocycles. The Hall–Kier alpha value is -2.59. The number of hydrogen-bond donors (Lipinski definition) is 2. The number of benzene rings is 2. The molecule has 2 fully saturated rings. The quantitative estimate of drug-likeness (QED) is 0.696. The molecule has 1 unspecified atom stereocenters. The van der Waals surface area contributed by atoms with Gasteiger partial charge in [-0.1, -0.05) is 49.2 Å². The Kier molecular flexibility index (Phi) is 4.24. The number of rotatable bonds is 2. The zero-order valence-corrected chi connectivity index (χ0v) is 16.0. The molecule has 28 heavy (non-hydrogen) atoms.